The maximum atomic E-state index is 6.32. The lowest BCUT2D eigenvalue weighted by atomic mass is 10.1. The standard InChI is InChI=1S/C20H23ClN4O/c1-26-19-9-8-14(11-16(19)21)12-25-18-7-3-2-6-17(18)23-20(25)24-10-4-5-15(22)13-24/h2-3,6-9,11,15H,4-5,10,12-13,22H2,1H3. The average molecular weight is 371 g/mol. The van der Waals surface area contributed by atoms with Crippen LogP contribution < -0.4 is 15.4 Å². The van der Waals surface area contributed by atoms with Crippen LogP contribution in [0.2, 0.25) is 5.02 Å². The molecular formula is C20H23ClN4O. The number of piperidine rings is 1. The molecule has 0 amide bonds. The number of nitrogens with zero attached hydrogens (tertiary/aromatic N) is 3. The predicted octanol–water partition coefficient (Wildman–Crippen LogP) is 3.67. The van der Waals surface area contributed by atoms with E-state index in [0.29, 0.717) is 17.3 Å². The molecule has 2 aromatic carbocycles. The average Bonchev–Trinajstić information content (AvgIpc) is 3.01. The van der Waals surface area contributed by atoms with E-state index >= 15 is 0 Å². The second-order valence-corrected chi connectivity index (χ2v) is 7.21. The molecule has 4 rings (SSSR count). The van der Waals surface area contributed by atoms with Crippen LogP contribution in [0.4, 0.5) is 5.95 Å². The summed E-state index contributed by atoms with van der Waals surface area (Å²) in [4.78, 5) is 7.20. The number of anilines is 1. The summed E-state index contributed by atoms with van der Waals surface area (Å²) >= 11 is 6.32. The molecule has 26 heavy (non-hydrogen) atoms. The van der Waals surface area contributed by atoms with E-state index in [9.17, 15) is 0 Å². The number of hydrogen-bond donors (Lipinski definition) is 1. The van der Waals surface area contributed by atoms with Gasteiger partial charge in [0.25, 0.3) is 0 Å². The van der Waals surface area contributed by atoms with Crippen LogP contribution in [0.15, 0.2) is 42.5 Å². The molecule has 6 heteroatoms. The topological polar surface area (TPSA) is 56.3 Å². The van der Waals surface area contributed by atoms with Gasteiger partial charge in [-0.3, -0.25) is 0 Å². The number of para-hydroxylation sites is 2. The van der Waals surface area contributed by atoms with Crippen LogP contribution in [0.1, 0.15) is 18.4 Å². The lowest BCUT2D eigenvalue weighted by Crippen LogP contribution is -2.44. The molecule has 0 bridgehead atoms. The van der Waals surface area contributed by atoms with Crippen molar-refractivity contribution in [1.82, 2.24) is 9.55 Å². The fraction of sp³-hybridized carbons (Fsp3) is 0.350. The van der Waals surface area contributed by atoms with Gasteiger partial charge in [-0.25, -0.2) is 4.98 Å². The Morgan fingerprint density at radius 1 is 1.27 bits per heavy atom. The zero-order valence-electron chi connectivity index (χ0n) is 14.9. The first kappa shape index (κ1) is 17.2. The van der Waals surface area contributed by atoms with Gasteiger partial charge in [-0.05, 0) is 42.7 Å². The van der Waals surface area contributed by atoms with Gasteiger partial charge in [-0.15, -0.1) is 0 Å². The number of ether oxygens (including phenoxy) is 1. The lowest BCUT2D eigenvalue weighted by Gasteiger charge is -2.32. The molecule has 1 aliphatic rings. The highest BCUT2D eigenvalue weighted by Gasteiger charge is 2.22. The quantitative estimate of drug-likeness (QED) is 0.761. The summed E-state index contributed by atoms with van der Waals surface area (Å²) in [6, 6.07) is 14.4. The van der Waals surface area contributed by atoms with Crippen molar-refractivity contribution in [1.29, 1.82) is 0 Å². The SMILES string of the molecule is COc1ccc(Cn2c(N3CCCC(N)C3)nc3ccccc32)cc1Cl. The zero-order chi connectivity index (χ0) is 18.1. The minimum absolute atomic E-state index is 0.201. The number of rotatable bonds is 4. The van der Waals surface area contributed by atoms with Crippen LogP contribution in [-0.4, -0.2) is 35.8 Å². The molecule has 3 aromatic rings. The van der Waals surface area contributed by atoms with Gasteiger partial charge in [-0.2, -0.15) is 0 Å². The smallest absolute Gasteiger partial charge is 0.206 e. The van der Waals surface area contributed by atoms with Crippen LogP contribution in [0.25, 0.3) is 11.0 Å². The third kappa shape index (κ3) is 3.24. The van der Waals surface area contributed by atoms with Gasteiger partial charge in [0.15, 0.2) is 0 Å². The van der Waals surface area contributed by atoms with Crippen molar-refractivity contribution in [2.75, 3.05) is 25.1 Å². The number of aromatic nitrogens is 2. The normalized spacial score (nSPS) is 17.7. The number of fused-ring (bicyclic) bond motifs is 1. The lowest BCUT2D eigenvalue weighted by molar-refractivity contribution is 0.415. The van der Waals surface area contributed by atoms with Crippen molar-refractivity contribution in [2.24, 2.45) is 5.73 Å². The fourth-order valence-electron chi connectivity index (χ4n) is 3.64. The van der Waals surface area contributed by atoms with E-state index in [2.05, 4.69) is 21.6 Å². The van der Waals surface area contributed by atoms with E-state index in [1.54, 1.807) is 7.11 Å². The van der Waals surface area contributed by atoms with E-state index in [1.807, 2.05) is 30.3 Å². The Labute approximate surface area is 158 Å². The first-order chi connectivity index (χ1) is 12.7. The number of hydrogen-bond acceptors (Lipinski definition) is 4. The molecule has 1 aromatic heterocycles. The third-order valence-electron chi connectivity index (χ3n) is 4.93. The largest absolute Gasteiger partial charge is 0.495 e. The van der Waals surface area contributed by atoms with E-state index in [4.69, 9.17) is 27.1 Å². The molecule has 2 heterocycles. The second kappa shape index (κ2) is 7.17. The zero-order valence-corrected chi connectivity index (χ0v) is 15.6. The van der Waals surface area contributed by atoms with Crippen molar-refractivity contribution in [3.8, 4) is 5.75 Å². The molecule has 1 fully saturated rings. The maximum Gasteiger partial charge on any atom is 0.206 e. The first-order valence-electron chi connectivity index (χ1n) is 8.94. The van der Waals surface area contributed by atoms with Gasteiger partial charge < -0.3 is 19.9 Å². The molecule has 2 N–H and O–H groups in total. The molecule has 0 spiro atoms. The maximum absolute atomic E-state index is 6.32. The summed E-state index contributed by atoms with van der Waals surface area (Å²) < 4.78 is 7.52. The second-order valence-electron chi connectivity index (χ2n) is 6.80. The van der Waals surface area contributed by atoms with Crippen LogP contribution in [0.5, 0.6) is 5.75 Å². The van der Waals surface area contributed by atoms with Gasteiger partial charge in [0.2, 0.25) is 5.95 Å². The van der Waals surface area contributed by atoms with E-state index < -0.39 is 0 Å². The number of nitrogens with two attached hydrogens (primary N) is 1. The highest BCUT2D eigenvalue weighted by atomic mass is 35.5. The number of imidazole rings is 1. The van der Waals surface area contributed by atoms with Crippen LogP contribution in [0, 0.1) is 0 Å². The summed E-state index contributed by atoms with van der Waals surface area (Å²) in [7, 11) is 1.63. The van der Waals surface area contributed by atoms with Crippen molar-refractivity contribution < 1.29 is 4.74 Å². The number of methoxy groups -OCH3 is 1. The van der Waals surface area contributed by atoms with Crippen molar-refractivity contribution in [2.45, 2.75) is 25.4 Å². The molecule has 1 atom stereocenters. The summed E-state index contributed by atoms with van der Waals surface area (Å²) in [6.07, 6.45) is 2.17. The first-order valence-corrected chi connectivity index (χ1v) is 9.31. The van der Waals surface area contributed by atoms with Crippen LogP contribution >= 0.6 is 11.6 Å². The fourth-order valence-corrected chi connectivity index (χ4v) is 3.92. The van der Waals surface area contributed by atoms with Crippen LogP contribution in [-0.2, 0) is 6.54 Å². The molecule has 136 valence electrons. The Morgan fingerprint density at radius 3 is 2.88 bits per heavy atom. The summed E-state index contributed by atoms with van der Waals surface area (Å²) in [6.45, 7) is 2.53. The minimum atomic E-state index is 0.201. The van der Waals surface area contributed by atoms with Gasteiger partial charge in [0.1, 0.15) is 5.75 Å². The molecule has 1 aliphatic heterocycles. The number of halogens is 1. The predicted molar refractivity (Wildman–Crippen MR) is 106 cm³/mol. The Bertz CT molecular complexity index is 923. The molecular weight excluding hydrogens is 348 g/mol. The molecule has 0 saturated carbocycles. The van der Waals surface area contributed by atoms with Crippen LogP contribution in [0.3, 0.4) is 0 Å². The highest BCUT2D eigenvalue weighted by Crippen LogP contribution is 2.29. The Balaban J connectivity index is 1.75. The van der Waals surface area contributed by atoms with Gasteiger partial charge in [-0.1, -0.05) is 29.8 Å². The van der Waals surface area contributed by atoms with Crippen molar-refractivity contribution >= 4 is 28.6 Å². The molecule has 1 unspecified atom stereocenters. The highest BCUT2D eigenvalue weighted by molar-refractivity contribution is 6.32. The summed E-state index contributed by atoms with van der Waals surface area (Å²) in [5, 5.41) is 0.621. The molecule has 0 radical (unpaired) electrons. The van der Waals surface area contributed by atoms with E-state index in [1.165, 1.54) is 0 Å². The summed E-state index contributed by atoms with van der Waals surface area (Å²) in [5.41, 5.74) is 9.43. The van der Waals surface area contributed by atoms with Crippen molar-refractivity contribution in [3.63, 3.8) is 0 Å². The molecule has 5 nitrogen and oxygen atoms in total. The van der Waals surface area contributed by atoms with Gasteiger partial charge in [0, 0.05) is 19.1 Å². The van der Waals surface area contributed by atoms with Gasteiger partial charge in [0.05, 0.1) is 29.7 Å². The summed E-state index contributed by atoms with van der Waals surface area (Å²) in [5.74, 6) is 1.67. The number of benzene rings is 2. The van der Waals surface area contributed by atoms with E-state index in [0.717, 1.165) is 48.5 Å². The Kier molecular flexibility index (Phi) is 4.74. The third-order valence-corrected chi connectivity index (χ3v) is 5.23. The molecule has 0 aliphatic carbocycles. The van der Waals surface area contributed by atoms with Gasteiger partial charge >= 0.3 is 0 Å². The Morgan fingerprint density at radius 2 is 2.12 bits per heavy atom. The molecule has 1 saturated heterocycles. The minimum Gasteiger partial charge on any atom is -0.495 e. The van der Waals surface area contributed by atoms with E-state index in [-0.39, 0.29) is 6.04 Å². The Hall–Kier alpha value is -2.24. The van der Waals surface area contributed by atoms with Crippen molar-refractivity contribution in [3.05, 3.63) is 53.1 Å². The monoisotopic (exact) mass is 370 g/mol.